The highest BCUT2D eigenvalue weighted by atomic mass is 16.3. The van der Waals surface area contributed by atoms with Crippen LogP contribution < -0.4 is 22.1 Å². The van der Waals surface area contributed by atoms with E-state index in [0.717, 1.165) is 17.6 Å². The molecule has 11 heteroatoms. The van der Waals surface area contributed by atoms with Gasteiger partial charge in [0.15, 0.2) is 12.2 Å². The summed E-state index contributed by atoms with van der Waals surface area (Å²) in [7, 11) is 0. The first-order valence-corrected chi connectivity index (χ1v) is 9.83. The lowest BCUT2D eigenvalue weighted by molar-refractivity contribution is -0.409. The van der Waals surface area contributed by atoms with Crippen LogP contribution in [-0.2, 0) is 9.59 Å². The SMILES string of the molecule is C[C@@H](NC(=O)[C@H](O)[C@@H](O)C(=O)N1CC[N+](C=N)=C(N)C1)c1ccc(N/C=C\CN)cc1. The van der Waals surface area contributed by atoms with Crippen molar-refractivity contribution in [1.82, 2.24) is 10.2 Å². The van der Waals surface area contributed by atoms with E-state index in [2.05, 4.69) is 10.6 Å². The van der Waals surface area contributed by atoms with Crippen molar-refractivity contribution in [2.24, 2.45) is 11.5 Å². The van der Waals surface area contributed by atoms with Gasteiger partial charge in [0, 0.05) is 12.2 Å². The van der Waals surface area contributed by atoms with E-state index in [0.29, 0.717) is 13.1 Å². The molecule has 1 heterocycles. The van der Waals surface area contributed by atoms with E-state index < -0.39 is 30.1 Å². The number of benzene rings is 1. The number of anilines is 1. The first kappa shape index (κ1) is 24.0. The molecule has 0 aromatic heterocycles. The van der Waals surface area contributed by atoms with E-state index in [-0.39, 0.29) is 18.9 Å². The van der Waals surface area contributed by atoms with Crippen LogP contribution in [0.25, 0.3) is 0 Å². The van der Waals surface area contributed by atoms with Gasteiger partial charge in [-0.15, -0.1) is 0 Å². The van der Waals surface area contributed by atoms with Crippen LogP contribution >= 0.6 is 0 Å². The number of rotatable bonds is 9. The largest absolute Gasteiger partial charge is 0.380 e. The molecule has 1 aromatic carbocycles. The van der Waals surface area contributed by atoms with Crippen LogP contribution in [0.3, 0.4) is 0 Å². The average Bonchev–Trinajstić information content (AvgIpc) is 2.78. The summed E-state index contributed by atoms with van der Waals surface area (Å²) in [5.74, 6) is -1.40. The van der Waals surface area contributed by atoms with Gasteiger partial charge in [-0.25, -0.2) is 4.58 Å². The summed E-state index contributed by atoms with van der Waals surface area (Å²) in [5.41, 5.74) is 12.8. The Morgan fingerprint density at radius 3 is 2.55 bits per heavy atom. The second kappa shape index (κ2) is 11.2. The van der Waals surface area contributed by atoms with Gasteiger partial charge < -0.3 is 37.2 Å². The zero-order valence-electron chi connectivity index (χ0n) is 17.4. The lowest BCUT2D eigenvalue weighted by Crippen LogP contribution is -2.56. The third kappa shape index (κ3) is 6.35. The van der Waals surface area contributed by atoms with Crippen molar-refractivity contribution in [3.63, 3.8) is 0 Å². The number of hydrogen-bond donors (Lipinski definition) is 7. The fourth-order valence-corrected chi connectivity index (χ4v) is 3.01. The number of carbonyl (C=O) groups excluding carboxylic acids is 2. The van der Waals surface area contributed by atoms with Crippen LogP contribution in [-0.4, -0.2) is 82.1 Å². The topological polar surface area (TPSA) is 181 Å². The van der Waals surface area contributed by atoms with Gasteiger partial charge in [0.1, 0.15) is 6.54 Å². The number of hydrogen-bond acceptors (Lipinski definition) is 8. The molecule has 2 rings (SSSR count). The van der Waals surface area contributed by atoms with E-state index in [1.54, 1.807) is 31.3 Å². The minimum atomic E-state index is -1.93. The van der Waals surface area contributed by atoms with E-state index in [1.165, 1.54) is 9.48 Å². The molecule has 0 saturated carbocycles. The Morgan fingerprint density at radius 1 is 1.29 bits per heavy atom. The summed E-state index contributed by atoms with van der Waals surface area (Å²) in [5, 5.41) is 33.3. The summed E-state index contributed by atoms with van der Waals surface area (Å²) < 4.78 is 1.47. The summed E-state index contributed by atoms with van der Waals surface area (Å²) in [6.45, 7) is 2.65. The van der Waals surface area contributed by atoms with Gasteiger partial charge in [-0.2, -0.15) is 5.41 Å². The molecule has 1 aromatic rings. The molecule has 0 spiro atoms. The van der Waals surface area contributed by atoms with Gasteiger partial charge in [0.2, 0.25) is 12.2 Å². The predicted octanol–water partition coefficient (Wildman–Crippen LogP) is -1.71. The molecule has 2 amide bonds. The lowest BCUT2D eigenvalue weighted by atomic mass is 10.1. The first-order valence-electron chi connectivity index (χ1n) is 9.83. The van der Waals surface area contributed by atoms with Crippen LogP contribution in [0.15, 0.2) is 36.5 Å². The van der Waals surface area contributed by atoms with Crippen LogP contribution in [0.5, 0.6) is 0 Å². The molecule has 9 N–H and O–H groups in total. The number of amides is 2. The molecule has 0 unspecified atom stereocenters. The second-order valence-corrected chi connectivity index (χ2v) is 7.10. The van der Waals surface area contributed by atoms with Crippen LogP contribution in [0, 0.1) is 5.41 Å². The number of nitrogens with zero attached hydrogens (tertiary/aromatic N) is 2. The summed E-state index contributed by atoms with van der Waals surface area (Å²) in [6, 6.07) is 6.79. The van der Waals surface area contributed by atoms with Crippen molar-refractivity contribution < 1.29 is 24.4 Å². The van der Waals surface area contributed by atoms with Gasteiger partial charge in [0.25, 0.3) is 11.8 Å². The Kier molecular flexibility index (Phi) is 8.67. The second-order valence-electron chi connectivity index (χ2n) is 7.10. The Bertz CT molecular complexity index is 854. The number of aliphatic hydroxyl groups excluding tert-OH is 2. The molecule has 0 radical (unpaired) electrons. The fourth-order valence-electron chi connectivity index (χ4n) is 3.01. The van der Waals surface area contributed by atoms with Crippen molar-refractivity contribution in [1.29, 1.82) is 5.41 Å². The Labute approximate surface area is 180 Å². The van der Waals surface area contributed by atoms with Crippen molar-refractivity contribution in [2.45, 2.75) is 25.2 Å². The molecule has 1 aliphatic rings. The predicted molar refractivity (Wildman–Crippen MR) is 117 cm³/mol. The summed E-state index contributed by atoms with van der Waals surface area (Å²) >= 11 is 0. The van der Waals surface area contributed by atoms with Gasteiger partial charge >= 0.3 is 0 Å². The first-order chi connectivity index (χ1) is 14.8. The van der Waals surface area contributed by atoms with Crippen molar-refractivity contribution in [2.75, 3.05) is 31.5 Å². The molecule has 0 saturated heterocycles. The normalized spacial score (nSPS) is 17.2. The Morgan fingerprint density at radius 2 is 1.97 bits per heavy atom. The number of aliphatic hydroxyl groups is 2. The minimum absolute atomic E-state index is 0.00311. The number of nitrogens with one attached hydrogen (secondary N) is 3. The molecule has 11 nitrogen and oxygen atoms in total. The molecule has 1 aliphatic heterocycles. The Balaban J connectivity index is 1.93. The molecular formula is C20H30N7O4+. The standard InChI is InChI=1S/C20H29N7O4/c1-13(14-3-5-15(6-4-14)24-8-2-7-21)25-19(30)17(28)18(29)20(31)26-9-10-27(12-22)16(23)11-26/h2-6,8,12-13,17-18,22-24,28-29H,7,9-11,21H2,1H3,(H,25,30)/p+1/b8-2-,22-12?/t13-,17-,18-/m1/s1. The maximum atomic E-state index is 12.5. The molecule has 0 aliphatic carbocycles. The zero-order valence-corrected chi connectivity index (χ0v) is 17.4. The van der Waals surface area contributed by atoms with E-state index in [1.807, 2.05) is 12.1 Å². The van der Waals surface area contributed by atoms with Crippen LogP contribution in [0.4, 0.5) is 5.69 Å². The smallest absolute Gasteiger partial charge is 0.255 e. The molecule has 3 atom stereocenters. The maximum absolute atomic E-state index is 12.5. The lowest BCUT2D eigenvalue weighted by Gasteiger charge is -2.29. The van der Waals surface area contributed by atoms with Crippen LogP contribution in [0.1, 0.15) is 18.5 Å². The minimum Gasteiger partial charge on any atom is -0.380 e. The highest BCUT2D eigenvalue weighted by Crippen LogP contribution is 2.16. The van der Waals surface area contributed by atoms with Crippen molar-refractivity contribution >= 4 is 29.7 Å². The zero-order chi connectivity index (χ0) is 23.0. The van der Waals surface area contributed by atoms with Gasteiger partial charge in [-0.1, -0.05) is 18.2 Å². The monoisotopic (exact) mass is 432 g/mol. The van der Waals surface area contributed by atoms with E-state index >= 15 is 0 Å². The fraction of sp³-hybridized carbons (Fsp3) is 0.400. The number of amidine groups is 1. The van der Waals surface area contributed by atoms with Crippen LogP contribution in [0.2, 0.25) is 0 Å². The third-order valence-electron chi connectivity index (χ3n) is 4.89. The number of nitrogens with two attached hydrogens (primary N) is 2. The highest BCUT2D eigenvalue weighted by molar-refractivity contribution is 5.93. The van der Waals surface area contributed by atoms with Gasteiger partial charge in [-0.3, -0.25) is 9.59 Å². The maximum Gasteiger partial charge on any atom is 0.255 e. The summed E-state index contributed by atoms with van der Waals surface area (Å²) in [6.07, 6.45) is 0.694. The molecule has 168 valence electrons. The van der Waals surface area contributed by atoms with Crippen molar-refractivity contribution in [3.8, 4) is 0 Å². The van der Waals surface area contributed by atoms with Crippen molar-refractivity contribution in [3.05, 3.63) is 42.1 Å². The average molecular weight is 433 g/mol. The molecular weight excluding hydrogens is 402 g/mol. The van der Waals surface area contributed by atoms with E-state index in [9.17, 15) is 19.8 Å². The third-order valence-corrected chi connectivity index (χ3v) is 4.89. The number of carbonyl (C=O) groups is 2. The summed E-state index contributed by atoms with van der Waals surface area (Å²) in [4.78, 5) is 26.1. The quantitative estimate of drug-likeness (QED) is 0.138. The van der Waals surface area contributed by atoms with E-state index in [4.69, 9.17) is 16.9 Å². The molecule has 31 heavy (non-hydrogen) atoms. The Hall–Kier alpha value is -3.28. The van der Waals surface area contributed by atoms with Gasteiger partial charge in [0.05, 0.1) is 19.1 Å². The van der Waals surface area contributed by atoms with Gasteiger partial charge in [-0.05, 0) is 30.8 Å². The molecule has 0 bridgehead atoms. The molecule has 0 fully saturated rings. The highest BCUT2D eigenvalue weighted by Gasteiger charge is 2.35.